The Morgan fingerprint density at radius 1 is 1.14 bits per heavy atom. The SMILES string of the molecule is COc1ccc(CCC(N)C(C)(C)N2CCCCC2)cc1. The van der Waals surface area contributed by atoms with Crippen LogP contribution in [0.5, 0.6) is 5.75 Å². The van der Waals surface area contributed by atoms with Crippen LogP contribution in [0.3, 0.4) is 0 Å². The zero-order chi connectivity index (χ0) is 15.3. The van der Waals surface area contributed by atoms with Gasteiger partial charge in [0, 0.05) is 11.6 Å². The molecular formula is C18H30N2O. The number of piperidine rings is 1. The first-order valence-corrected chi connectivity index (χ1v) is 8.17. The Kier molecular flexibility index (Phi) is 5.65. The minimum Gasteiger partial charge on any atom is -0.497 e. The van der Waals surface area contributed by atoms with E-state index in [0.29, 0.717) is 0 Å². The van der Waals surface area contributed by atoms with Gasteiger partial charge in [0.2, 0.25) is 0 Å². The summed E-state index contributed by atoms with van der Waals surface area (Å²) in [7, 11) is 1.70. The van der Waals surface area contributed by atoms with Gasteiger partial charge in [0.15, 0.2) is 0 Å². The molecule has 3 nitrogen and oxygen atoms in total. The fraction of sp³-hybridized carbons (Fsp3) is 0.667. The third kappa shape index (κ3) is 4.21. The molecule has 0 bridgehead atoms. The number of methoxy groups -OCH3 is 1. The topological polar surface area (TPSA) is 38.5 Å². The van der Waals surface area contributed by atoms with Crippen LogP contribution in [0.25, 0.3) is 0 Å². The monoisotopic (exact) mass is 290 g/mol. The van der Waals surface area contributed by atoms with E-state index in [0.717, 1.165) is 18.6 Å². The zero-order valence-electron chi connectivity index (χ0n) is 13.8. The Bertz CT molecular complexity index is 421. The van der Waals surface area contributed by atoms with Crippen molar-refractivity contribution in [2.24, 2.45) is 5.73 Å². The third-order valence-corrected chi connectivity index (χ3v) is 4.98. The van der Waals surface area contributed by atoms with Crippen molar-refractivity contribution >= 4 is 0 Å². The molecule has 1 aromatic rings. The molecule has 0 aromatic heterocycles. The van der Waals surface area contributed by atoms with Crippen LogP contribution in [0.2, 0.25) is 0 Å². The summed E-state index contributed by atoms with van der Waals surface area (Å²) in [6.07, 6.45) is 6.05. The minimum atomic E-state index is 0.0902. The van der Waals surface area contributed by atoms with Crippen molar-refractivity contribution in [2.45, 2.75) is 57.5 Å². The third-order valence-electron chi connectivity index (χ3n) is 4.98. The van der Waals surface area contributed by atoms with Crippen LogP contribution in [0.4, 0.5) is 0 Å². The molecule has 3 heteroatoms. The summed E-state index contributed by atoms with van der Waals surface area (Å²) in [6.45, 7) is 7.00. The molecule has 0 spiro atoms. The van der Waals surface area contributed by atoms with Crippen molar-refractivity contribution in [3.8, 4) is 5.75 Å². The van der Waals surface area contributed by atoms with E-state index in [1.54, 1.807) is 7.11 Å². The first kappa shape index (κ1) is 16.3. The van der Waals surface area contributed by atoms with Gasteiger partial charge in [0.05, 0.1) is 7.11 Å². The minimum absolute atomic E-state index is 0.0902. The van der Waals surface area contributed by atoms with E-state index in [1.165, 1.54) is 37.9 Å². The van der Waals surface area contributed by atoms with E-state index < -0.39 is 0 Å². The van der Waals surface area contributed by atoms with Gasteiger partial charge in [-0.25, -0.2) is 0 Å². The van der Waals surface area contributed by atoms with E-state index in [9.17, 15) is 0 Å². The van der Waals surface area contributed by atoms with Crippen molar-refractivity contribution in [2.75, 3.05) is 20.2 Å². The van der Waals surface area contributed by atoms with Gasteiger partial charge in [0.1, 0.15) is 5.75 Å². The summed E-state index contributed by atoms with van der Waals surface area (Å²) in [5.41, 5.74) is 7.94. The molecule has 0 radical (unpaired) electrons. The smallest absolute Gasteiger partial charge is 0.118 e. The molecule has 1 fully saturated rings. The van der Waals surface area contributed by atoms with Gasteiger partial charge >= 0.3 is 0 Å². The van der Waals surface area contributed by atoms with Crippen LogP contribution in [0.1, 0.15) is 45.1 Å². The predicted octanol–water partition coefficient (Wildman–Crippen LogP) is 3.22. The first-order chi connectivity index (χ1) is 10.0. The van der Waals surface area contributed by atoms with Crippen molar-refractivity contribution < 1.29 is 4.74 Å². The second-order valence-electron chi connectivity index (χ2n) is 6.69. The van der Waals surface area contributed by atoms with Gasteiger partial charge in [-0.1, -0.05) is 18.6 Å². The maximum Gasteiger partial charge on any atom is 0.118 e. The average Bonchev–Trinajstić information content (AvgIpc) is 2.53. The molecule has 2 N–H and O–H groups in total. The van der Waals surface area contributed by atoms with Gasteiger partial charge in [-0.3, -0.25) is 4.90 Å². The molecule has 0 amide bonds. The van der Waals surface area contributed by atoms with Crippen molar-refractivity contribution in [1.82, 2.24) is 4.90 Å². The maximum atomic E-state index is 6.52. The van der Waals surface area contributed by atoms with Crippen LogP contribution < -0.4 is 10.5 Å². The molecule has 1 aliphatic rings. The number of hydrogen-bond acceptors (Lipinski definition) is 3. The van der Waals surface area contributed by atoms with Gasteiger partial charge < -0.3 is 10.5 Å². The highest BCUT2D eigenvalue weighted by Gasteiger charge is 2.33. The number of nitrogens with zero attached hydrogens (tertiary/aromatic N) is 1. The van der Waals surface area contributed by atoms with Gasteiger partial charge in [-0.15, -0.1) is 0 Å². The van der Waals surface area contributed by atoms with E-state index in [-0.39, 0.29) is 11.6 Å². The summed E-state index contributed by atoms with van der Waals surface area (Å²) in [4.78, 5) is 2.58. The Labute approximate surface area is 129 Å². The number of ether oxygens (including phenoxy) is 1. The fourth-order valence-electron chi connectivity index (χ4n) is 3.17. The Morgan fingerprint density at radius 2 is 1.76 bits per heavy atom. The van der Waals surface area contributed by atoms with Gasteiger partial charge in [0.25, 0.3) is 0 Å². The van der Waals surface area contributed by atoms with E-state index in [1.807, 2.05) is 12.1 Å². The second kappa shape index (κ2) is 7.28. The van der Waals surface area contributed by atoms with Crippen LogP contribution in [0.15, 0.2) is 24.3 Å². The highest BCUT2D eigenvalue weighted by molar-refractivity contribution is 5.27. The Hall–Kier alpha value is -1.06. The lowest BCUT2D eigenvalue weighted by Crippen LogP contribution is -2.57. The molecule has 1 aromatic carbocycles. The zero-order valence-corrected chi connectivity index (χ0v) is 13.8. The molecule has 0 saturated carbocycles. The molecule has 21 heavy (non-hydrogen) atoms. The molecule has 1 aliphatic heterocycles. The summed E-state index contributed by atoms with van der Waals surface area (Å²) < 4.78 is 5.20. The molecule has 1 heterocycles. The fourth-order valence-corrected chi connectivity index (χ4v) is 3.17. The molecule has 118 valence electrons. The summed E-state index contributed by atoms with van der Waals surface area (Å²) in [6, 6.07) is 8.53. The quantitative estimate of drug-likeness (QED) is 0.874. The van der Waals surface area contributed by atoms with Crippen LogP contribution in [-0.2, 0) is 6.42 Å². The Balaban J connectivity index is 1.88. The molecule has 0 aliphatic carbocycles. The van der Waals surface area contributed by atoms with Crippen LogP contribution >= 0.6 is 0 Å². The van der Waals surface area contributed by atoms with E-state index in [4.69, 9.17) is 10.5 Å². The van der Waals surface area contributed by atoms with Crippen LogP contribution in [-0.4, -0.2) is 36.7 Å². The number of benzene rings is 1. The predicted molar refractivity (Wildman–Crippen MR) is 88.8 cm³/mol. The highest BCUT2D eigenvalue weighted by Crippen LogP contribution is 2.25. The summed E-state index contributed by atoms with van der Waals surface area (Å²) in [5.74, 6) is 0.914. The standard InChI is InChI=1S/C18H30N2O/c1-18(2,20-13-5-4-6-14-20)17(19)12-9-15-7-10-16(21-3)11-8-15/h7-8,10-11,17H,4-6,9,12-14,19H2,1-3H3. The lowest BCUT2D eigenvalue weighted by molar-refractivity contribution is 0.0707. The largest absolute Gasteiger partial charge is 0.497 e. The number of nitrogens with two attached hydrogens (primary N) is 1. The van der Waals surface area contributed by atoms with Crippen molar-refractivity contribution in [3.05, 3.63) is 29.8 Å². The number of hydrogen-bond donors (Lipinski definition) is 1. The highest BCUT2D eigenvalue weighted by atomic mass is 16.5. The summed E-state index contributed by atoms with van der Waals surface area (Å²) in [5, 5.41) is 0. The first-order valence-electron chi connectivity index (χ1n) is 8.17. The second-order valence-corrected chi connectivity index (χ2v) is 6.69. The van der Waals surface area contributed by atoms with E-state index >= 15 is 0 Å². The summed E-state index contributed by atoms with van der Waals surface area (Å²) >= 11 is 0. The lowest BCUT2D eigenvalue weighted by Gasteiger charge is -2.44. The van der Waals surface area contributed by atoms with Crippen molar-refractivity contribution in [1.29, 1.82) is 0 Å². The number of rotatable bonds is 6. The van der Waals surface area contributed by atoms with E-state index in [2.05, 4.69) is 30.9 Å². The molecular weight excluding hydrogens is 260 g/mol. The van der Waals surface area contributed by atoms with Gasteiger partial charge in [-0.05, 0) is 70.3 Å². The lowest BCUT2D eigenvalue weighted by atomic mass is 9.87. The normalized spacial score (nSPS) is 18.5. The molecule has 2 rings (SSSR count). The molecule has 1 saturated heterocycles. The average molecular weight is 290 g/mol. The number of aryl methyl sites for hydroxylation is 1. The van der Waals surface area contributed by atoms with Crippen molar-refractivity contribution in [3.63, 3.8) is 0 Å². The maximum absolute atomic E-state index is 6.52. The number of likely N-dealkylation sites (tertiary alicyclic amines) is 1. The molecule has 1 atom stereocenters. The van der Waals surface area contributed by atoms with Gasteiger partial charge in [-0.2, -0.15) is 0 Å². The van der Waals surface area contributed by atoms with Crippen LogP contribution in [0, 0.1) is 0 Å². The molecule has 1 unspecified atom stereocenters. The Morgan fingerprint density at radius 3 is 2.33 bits per heavy atom.